The normalized spacial score (nSPS) is 16.6. The van der Waals surface area contributed by atoms with Crippen LogP contribution in [0, 0.1) is 11.3 Å². The zero-order valence-electron chi connectivity index (χ0n) is 18.6. The molecule has 3 nitrogen and oxygen atoms in total. The SMILES string of the molecule is C/C(C#N)=C1\c2ccccc2CCc2cc(Cn3c(C4CC4)nc4c(Cl)cccc43)ccc21. The van der Waals surface area contributed by atoms with Gasteiger partial charge in [-0.3, -0.25) is 0 Å². The van der Waals surface area contributed by atoms with E-state index in [1.807, 2.05) is 19.1 Å². The monoisotopic (exact) mass is 449 g/mol. The highest BCUT2D eigenvalue weighted by molar-refractivity contribution is 6.34. The number of hydrogen-bond donors (Lipinski definition) is 0. The van der Waals surface area contributed by atoms with Gasteiger partial charge in [-0.1, -0.05) is 60.1 Å². The van der Waals surface area contributed by atoms with Gasteiger partial charge in [0.1, 0.15) is 11.3 Å². The first-order valence-electron chi connectivity index (χ1n) is 11.6. The molecule has 2 aliphatic carbocycles. The van der Waals surface area contributed by atoms with Crippen molar-refractivity contribution in [3.63, 3.8) is 0 Å². The van der Waals surface area contributed by atoms with Crippen molar-refractivity contribution in [2.75, 3.05) is 0 Å². The second-order valence-corrected chi connectivity index (χ2v) is 9.61. The molecule has 0 spiro atoms. The van der Waals surface area contributed by atoms with Crippen molar-refractivity contribution >= 4 is 28.2 Å². The molecular formula is C29H24ClN3. The standard InChI is InChI=1S/C29H24ClN3/c1-18(16-31)27-23-6-3-2-5-20(23)10-13-22-15-19(9-14-24(22)27)17-33-26-8-4-7-25(30)28(26)32-29(33)21-11-12-21/h2-9,14-15,21H,10-13,17H2,1H3/b27-18-. The Kier molecular flexibility index (Phi) is 4.85. The van der Waals surface area contributed by atoms with Gasteiger partial charge in [-0.05, 0) is 72.6 Å². The fraction of sp³-hybridized carbons (Fsp3) is 0.241. The lowest BCUT2D eigenvalue weighted by molar-refractivity contribution is 0.745. The molecule has 0 unspecified atom stereocenters. The van der Waals surface area contributed by atoms with Crippen LogP contribution in [0.3, 0.4) is 0 Å². The molecule has 0 atom stereocenters. The first kappa shape index (κ1) is 20.3. The summed E-state index contributed by atoms with van der Waals surface area (Å²) in [4.78, 5) is 4.93. The van der Waals surface area contributed by atoms with E-state index < -0.39 is 0 Å². The summed E-state index contributed by atoms with van der Waals surface area (Å²) < 4.78 is 2.35. The van der Waals surface area contributed by atoms with Crippen LogP contribution in [-0.2, 0) is 19.4 Å². The Morgan fingerprint density at radius 2 is 1.82 bits per heavy atom. The summed E-state index contributed by atoms with van der Waals surface area (Å²) in [6.45, 7) is 2.71. The number of aryl methyl sites for hydroxylation is 2. The molecule has 1 aromatic heterocycles. The summed E-state index contributed by atoms with van der Waals surface area (Å²) >= 11 is 6.48. The quantitative estimate of drug-likeness (QED) is 0.314. The minimum absolute atomic E-state index is 0.539. The molecule has 3 aromatic carbocycles. The van der Waals surface area contributed by atoms with Crippen LogP contribution in [0.1, 0.15) is 59.3 Å². The highest BCUT2D eigenvalue weighted by Crippen LogP contribution is 2.42. The number of nitriles is 1. The number of halogens is 1. The molecule has 0 saturated heterocycles. The van der Waals surface area contributed by atoms with Crippen LogP contribution in [-0.4, -0.2) is 9.55 Å². The molecule has 6 rings (SSSR count). The predicted octanol–water partition coefficient (Wildman–Crippen LogP) is 7.06. The number of imidazole rings is 1. The van der Waals surface area contributed by atoms with E-state index in [9.17, 15) is 5.26 Å². The average Bonchev–Trinajstić information content (AvgIpc) is 3.63. The number of rotatable bonds is 3. The second-order valence-electron chi connectivity index (χ2n) is 9.20. The second kappa shape index (κ2) is 7.90. The van der Waals surface area contributed by atoms with Gasteiger partial charge >= 0.3 is 0 Å². The van der Waals surface area contributed by atoms with Crippen molar-refractivity contribution in [2.45, 2.75) is 45.1 Å². The van der Waals surface area contributed by atoms with Crippen molar-refractivity contribution in [2.24, 2.45) is 0 Å². The van der Waals surface area contributed by atoms with E-state index in [1.165, 1.54) is 40.7 Å². The molecule has 0 radical (unpaired) electrons. The van der Waals surface area contributed by atoms with Crippen LogP contribution in [0.15, 0.2) is 66.2 Å². The maximum atomic E-state index is 9.74. The Labute approximate surface area is 199 Å². The van der Waals surface area contributed by atoms with Crippen molar-refractivity contribution in [1.82, 2.24) is 9.55 Å². The van der Waals surface area contributed by atoms with E-state index >= 15 is 0 Å². The van der Waals surface area contributed by atoms with Gasteiger partial charge in [0.2, 0.25) is 0 Å². The minimum Gasteiger partial charge on any atom is -0.323 e. The van der Waals surface area contributed by atoms with Crippen LogP contribution in [0.2, 0.25) is 5.02 Å². The van der Waals surface area contributed by atoms with Gasteiger partial charge in [-0.15, -0.1) is 0 Å². The lowest BCUT2D eigenvalue weighted by atomic mass is 9.90. The van der Waals surface area contributed by atoms with Gasteiger partial charge in [-0.25, -0.2) is 4.98 Å². The summed E-state index contributed by atoms with van der Waals surface area (Å²) in [5.74, 6) is 1.69. The molecule has 0 bridgehead atoms. The number of hydrogen-bond acceptors (Lipinski definition) is 2. The summed E-state index contributed by atoms with van der Waals surface area (Å²) in [5.41, 5.74) is 10.1. The summed E-state index contributed by atoms with van der Waals surface area (Å²) in [6.07, 6.45) is 4.34. The number of allylic oxidation sites excluding steroid dienone is 1. The third kappa shape index (κ3) is 3.46. The molecule has 0 amide bonds. The van der Waals surface area contributed by atoms with E-state index in [2.05, 4.69) is 59.2 Å². The Morgan fingerprint density at radius 3 is 2.64 bits per heavy atom. The van der Waals surface area contributed by atoms with Gasteiger partial charge in [0.25, 0.3) is 0 Å². The lowest BCUT2D eigenvalue weighted by Crippen LogP contribution is -2.05. The first-order chi connectivity index (χ1) is 16.1. The van der Waals surface area contributed by atoms with Crippen molar-refractivity contribution in [3.8, 4) is 6.07 Å². The topological polar surface area (TPSA) is 41.6 Å². The zero-order valence-corrected chi connectivity index (χ0v) is 19.4. The van der Waals surface area contributed by atoms with E-state index in [-0.39, 0.29) is 0 Å². The average molecular weight is 450 g/mol. The Bertz CT molecular complexity index is 1480. The highest BCUT2D eigenvalue weighted by atomic mass is 35.5. The van der Waals surface area contributed by atoms with Crippen LogP contribution in [0.25, 0.3) is 16.6 Å². The molecule has 33 heavy (non-hydrogen) atoms. The van der Waals surface area contributed by atoms with Gasteiger partial charge in [0.15, 0.2) is 0 Å². The molecule has 1 fully saturated rings. The number of nitrogens with zero attached hydrogens (tertiary/aromatic N) is 3. The Balaban J connectivity index is 1.46. The van der Waals surface area contributed by atoms with Crippen LogP contribution in [0.5, 0.6) is 0 Å². The predicted molar refractivity (Wildman–Crippen MR) is 133 cm³/mol. The van der Waals surface area contributed by atoms with E-state index in [0.29, 0.717) is 5.92 Å². The fourth-order valence-electron chi connectivity index (χ4n) is 5.19. The Hall–Kier alpha value is -3.35. The van der Waals surface area contributed by atoms with E-state index in [1.54, 1.807) is 0 Å². The smallest absolute Gasteiger partial charge is 0.113 e. The summed E-state index contributed by atoms with van der Waals surface area (Å²) in [7, 11) is 0. The molecule has 162 valence electrons. The highest BCUT2D eigenvalue weighted by Gasteiger charge is 2.30. The maximum absolute atomic E-state index is 9.74. The number of para-hydroxylation sites is 1. The fourth-order valence-corrected chi connectivity index (χ4v) is 5.40. The van der Waals surface area contributed by atoms with Gasteiger partial charge < -0.3 is 4.57 Å². The maximum Gasteiger partial charge on any atom is 0.113 e. The minimum atomic E-state index is 0.539. The first-order valence-corrected chi connectivity index (χ1v) is 12.0. The molecule has 1 saturated carbocycles. The van der Waals surface area contributed by atoms with Crippen LogP contribution < -0.4 is 0 Å². The largest absolute Gasteiger partial charge is 0.323 e. The van der Waals surface area contributed by atoms with Crippen molar-refractivity contribution < 1.29 is 0 Å². The zero-order chi connectivity index (χ0) is 22.5. The number of fused-ring (bicyclic) bond motifs is 3. The van der Waals surface area contributed by atoms with E-state index in [4.69, 9.17) is 16.6 Å². The van der Waals surface area contributed by atoms with Gasteiger partial charge in [-0.2, -0.15) is 5.26 Å². The Morgan fingerprint density at radius 1 is 1.03 bits per heavy atom. The van der Waals surface area contributed by atoms with Crippen molar-refractivity contribution in [1.29, 1.82) is 5.26 Å². The van der Waals surface area contributed by atoms with E-state index in [0.717, 1.165) is 52.4 Å². The number of benzene rings is 3. The summed E-state index contributed by atoms with van der Waals surface area (Å²) in [6, 6.07) is 23.7. The molecule has 0 N–H and O–H groups in total. The lowest BCUT2D eigenvalue weighted by Gasteiger charge is -2.15. The summed E-state index contributed by atoms with van der Waals surface area (Å²) in [5, 5.41) is 10.5. The van der Waals surface area contributed by atoms with Crippen molar-refractivity contribution in [3.05, 3.63) is 105 Å². The molecule has 4 aromatic rings. The van der Waals surface area contributed by atoms with Gasteiger partial charge in [0.05, 0.1) is 16.6 Å². The molecular weight excluding hydrogens is 426 g/mol. The molecule has 1 heterocycles. The van der Waals surface area contributed by atoms with Gasteiger partial charge in [0, 0.05) is 23.6 Å². The molecule has 0 aliphatic heterocycles. The third-order valence-electron chi connectivity index (χ3n) is 6.97. The number of aromatic nitrogens is 2. The van der Waals surface area contributed by atoms with Crippen LogP contribution in [0.4, 0.5) is 0 Å². The molecule has 4 heteroatoms. The third-order valence-corrected chi connectivity index (χ3v) is 7.28. The molecule has 2 aliphatic rings. The van der Waals surface area contributed by atoms with Crippen LogP contribution >= 0.6 is 11.6 Å².